The minimum Gasteiger partial charge on any atom is -0.464 e. The Balaban J connectivity index is 2.20. The van der Waals surface area contributed by atoms with E-state index in [-0.39, 0.29) is 5.97 Å². The number of nitrogens with zero attached hydrogens (tertiary/aromatic N) is 4. The van der Waals surface area contributed by atoms with Gasteiger partial charge in [-0.25, -0.2) is 9.78 Å². The molecule has 2 aromatic rings. The molecule has 7 nitrogen and oxygen atoms in total. The second-order valence-electron chi connectivity index (χ2n) is 10.0. The highest BCUT2D eigenvalue weighted by molar-refractivity contribution is 5.80. The molecule has 3 rings (SSSR count). The fourth-order valence-corrected chi connectivity index (χ4v) is 3.96. The number of esters is 1. The Labute approximate surface area is 179 Å². The first-order valence-corrected chi connectivity index (χ1v) is 10.9. The molecule has 0 saturated carbocycles. The van der Waals surface area contributed by atoms with E-state index >= 15 is 0 Å². The van der Waals surface area contributed by atoms with Gasteiger partial charge in [0, 0.05) is 24.8 Å². The van der Waals surface area contributed by atoms with Crippen molar-refractivity contribution in [2.45, 2.75) is 79.9 Å². The summed E-state index contributed by atoms with van der Waals surface area (Å²) in [6.45, 7) is 18.2. The van der Waals surface area contributed by atoms with Crippen molar-refractivity contribution < 1.29 is 14.3 Å². The Morgan fingerprint density at radius 1 is 1.23 bits per heavy atom. The van der Waals surface area contributed by atoms with Crippen LogP contribution in [0.25, 0.3) is 5.65 Å². The van der Waals surface area contributed by atoms with Gasteiger partial charge in [-0.1, -0.05) is 13.8 Å². The second-order valence-corrected chi connectivity index (χ2v) is 10.0. The van der Waals surface area contributed by atoms with Crippen LogP contribution in [0.1, 0.15) is 77.4 Å². The zero-order valence-electron chi connectivity index (χ0n) is 19.7. The molecule has 1 atom stereocenters. The Morgan fingerprint density at radius 3 is 2.43 bits per heavy atom. The minimum atomic E-state index is -0.865. The van der Waals surface area contributed by atoms with Crippen LogP contribution in [0.15, 0.2) is 6.07 Å². The van der Waals surface area contributed by atoms with Crippen LogP contribution in [0, 0.1) is 19.3 Å². The zero-order valence-corrected chi connectivity index (χ0v) is 19.7. The first-order valence-electron chi connectivity index (χ1n) is 10.9. The van der Waals surface area contributed by atoms with E-state index in [1.54, 1.807) is 0 Å². The molecule has 0 N–H and O–H groups in total. The number of hydrogen-bond acceptors (Lipinski definition) is 6. The van der Waals surface area contributed by atoms with Crippen molar-refractivity contribution in [3.8, 4) is 0 Å². The maximum Gasteiger partial charge on any atom is 0.340 e. The zero-order chi connectivity index (χ0) is 22.3. The predicted molar refractivity (Wildman–Crippen MR) is 118 cm³/mol. The largest absolute Gasteiger partial charge is 0.464 e. The van der Waals surface area contributed by atoms with Gasteiger partial charge in [0.2, 0.25) is 0 Å². The fraction of sp³-hybridized carbons (Fsp3) is 0.696. The van der Waals surface area contributed by atoms with Crippen molar-refractivity contribution in [3.63, 3.8) is 0 Å². The van der Waals surface area contributed by atoms with E-state index in [9.17, 15) is 4.79 Å². The normalized spacial score (nSPS) is 17.9. The van der Waals surface area contributed by atoms with Gasteiger partial charge in [0.1, 0.15) is 5.82 Å². The monoisotopic (exact) mass is 416 g/mol. The lowest BCUT2D eigenvalue weighted by Gasteiger charge is -2.39. The van der Waals surface area contributed by atoms with Gasteiger partial charge >= 0.3 is 5.97 Å². The molecule has 0 spiro atoms. The van der Waals surface area contributed by atoms with Crippen LogP contribution in [0.2, 0.25) is 0 Å². The van der Waals surface area contributed by atoms with Crippen LogP contribution < -0.4 is 4.90 Å². The quantitative estimate of drug-likeness (QED) is 0.673. The molecule has 0 aliphatic carbocycles. The SMILES string of the molecule is CCOC(=O)C(OC(C)(C)C)c1c(C)nc2cc(C)nn2c1N1CCC(C)(C)CC1. The van der Waals surface area contributed by atoms with Gasteiger partial charge in [0.15, 0.2) is 11.8 Å². The smallest absolute Gasteiger partial charge is 0.340 e. The van der Waals surface area contributed by atoms with Gasteiger partial charge in [-0.15, -0.1) is 0 Å². The lowest BCUT2D eigenvalue weighted by Crippen LogP contribution is -2.40. The standard InChI is InChI=1S/C23H36N4O3/c1-9-29-21(28)19(30-22(4,5)6)18-16(3)24-17-14-15(2)25-27(17)20(18)26-12-10-23(7,8)11-13-26/h14,19H,9-13H2,1-8H3. The maximum atomic E-state index is 13.0. The first-order chi connectivity index (χ1) is 13.9. The number of aromatic nitrogens is 3. The third-order valence-electron chi connectivity index (χ3n) is 5.58. The molecule has 0 aromatic carbocycles. The summed E-state index contributed by atoms with van der Waals surface area (Å²) in [4.78, 5) is 20.1. The number of ether oxygens (including phenoxy) is 2. The summed E-state index contributed by atoms with van der Waals surface area (Å²) in [7, 11) is 0. The van der Waals surface area contributed by atoms with E-state index in [1.165, 1.54) is 0 Å². The third-order valence-corrected chi connectivity index (χ3v) is 5.58. The molecule has 0 amide bonds. The second kappa shape index (κ2) is 8.17. The van der Waals surface area contributed by atoms with E-state index in [4.69, 9.17) is 19.6 Å². The summed E-state index contributed by atoms with van der Waals surface area (Å²) in [5.41, 5.74) is 2.97. The summed E-state index contributed by atoms with van der Waals surface area (Å²) in [6, 6.07) is 1.97. The minimum absolute atomic E-state index is 0.297. The lowest BCUT2D eigenvalue weighted by molar-refractivity contribution is -0.166. The van der Waals surface area contributed by atoms with Crippen LogP contribution in [-0.4, -0.2) is 45.9 Å². The Bertz CT molecular complexity index is 917. The molecular formula is C23H36N4O3. The molecular weight excluding hydrogens is 380 g/mol. The molecule has 2 aromatic heterocycles. The maximum absolute atomic E-state index is 13.0. The molecule has 1 unspecified atom stereocenters. The van der Waals surface area contributed by atoms with Crippen LogP contribution in [0.5, 0.6) is 0 Å². The summed E-state index contributed by atoms with van der Waals surface area (Å²) in [5.74, 6) is 0.502. The van der Waals surface area contributed by atoms with Gasteiger partial charge < -0.3 is 14.4 Å². The predicted octanol–water partition coefficient (Wildman–Crippen LogP) is 4.39. The average Bonchev–Trinajstić information content (AvgIpc) is 2.98. The fourth-order valence-electron chi connectivity index (χ4n) is 3.96. The van der Waals surface area contributed by atoms with Crippen LogP contribution in [-0.2, 0) is 14.3 Å². The van der Waals surface area contributed by atoms with Crippen LogP contribution in [0.4, 0.5) is 5.82 Å². The first kappa shape index (κ1) is 22.5. The van der Waals surface area contributed by atoms with E-state index in [2.05, 4.69) is 18.7 Å². The van der Waals surface area contributed by atoms with Crippen LogP contribution in [0.3, 0.4) is 0 Å². The van der Waals surface area contributed by atoms with Crippen LogP contribution >= 0.6 is 0 Å². The number of piperidine rings is 1. The number of fused-ring (bicyclic) bond motifs is 1. The highest BCUT2D eigenvalue weighted by Crippen LogP contribution is 2.38. The summed E-state index contributed by atoms with van der Waals surface area (Å²) in [5, 5.41) is 4.72. The average molecular weight is 417 g/mol. The number of carbonyl (C=O) groups excluding carboxylic acids is 1. The van der Waals surface area contributed by atoms with Gasteiger partial charge in [-0.2, -0.15) is 9.61 Å². The Kier molecular flexibility index (Phi) is 6.14. The molecule has 7 heteroatoms. The number of anilines is 1. The molecule has 1 aliphatic rings. The summed E-state index contributed by atoms with van der Waals surface area (Å²) in [6.07, 6.45) is 1.27. The van der Waals surface area contributed by atoms with E-state index in [0.29, 0.717) is 12.0 Å². The number of aryl methyl sites for hydroxylation is 2. The van der Waals surface area contributed by atoms with Crippen molar-refractivity contribution >= 4 is 17.4 Å². The topological polar surface area (TPSA) is 69.0 Å². The number of carbonyl (C=O) groups is 1. The third kappa shape index (κ3) is 4.77. The number of hydrogen-bond donors (Lipinski definition) is 0. The molecule has 0 bridgehead atoms. The molecule has 166 valence electrons. The van der Waals surface area contributed by atoms with Gasteiger partial charge in [-0.3, -0.25) is 0 Å². The van der Waals surface area contributed by atoms with E-state index in [0.717, 1.165) is 54.3 Å². The highest BCUT2D eigenvalue weighted by atomic mass is 16.6. The van der Waals surface area contributed by atoms with Crippen molar-refractivity contribution in [3.05, 3.63) is 23.0 Å². The molecule has 1 saturated heterocycles. The molecule has 30 heavy (non-hydrogen) atoms. The lowest BCUT2D eigenvalue weighted by atomic mass is 9.82. The molecule has 0 radical (unpaired) electrons. The van der Waals surface area contributed by atoms with Crippen molar-refractivity contribution in [1.82, 2.24) is 14.6 Å². The van der Waals surface area contributed by atoms with E-state index < -0.39 is 11.7 Å². The van der Waals surface area contributed by atoms with Crippen molar-refractivity contribution in [2.75, 3.05) is 24.6 Å². The van der Waals surface area contributed by atoms with E-state index in [1.807, 2.05) is 52.1 Å². The van der Waals surface area contributed by atoms with Gasteiger partial charge in [-0.05, 0) is 59.8 Å². The van der Waals surface area contributed by atoms with Crippen molar-refractivity contribution in [2.24, 2.45) is 5.41 Å². The Hall–Kier alpha value is -2.15. The Morgan fingerprint density at radius 2 is 1.87 bits per heavy atom. The molecule has 1 aliphatic heterocycles. The summed E-state index contributed by atoms with van der Waals surface area (Å²) >= 11 is 0. The highest BCUT2D eigenvalue weighted by Gasteiger charge is 2.37. The molecule has 1 fully saturated rings. The van der Waals surface area contributed by atoms with Crippen molar-refractivity contribution in [1.29, 1.82) is 0 Å². The molecule has 3 heterocycles. The van der Waals surface area contributed by atoms with Gasteiger partial charge in [0.25, 0.3) is 0 Å². The van der Waals surface area contributed by atoms with Gasteiger partial charge in [0.05, 0.1) is 23.5 Å². The number of rotatable bonds is 5. The summed E-state index contributed by atoms with van der Waals surface area (Å²) < 4.78 is 13.5.